The first-order chi connectivity index (χ1) is 12.4. The minimum absolute atomic E-state index is 0.563. The lowest BCUT2D eigenvalue weighted by Crippen LogP contribution is -2.09. The Morgan fingerprint density at radius 1 is 1.04 bits per heavy atom. The van der Waals surface area contributed by atoms with Crippen LogP contribution in [0.5, 0.6) is 5.75 Å². The predicted octanol–water partition coefficient (Wildman–Crippen LogP) is 4.49. The van der Waals surface area contributed by atoms with Gasteiger partial charge < -0.3 is 9.30 Å². The molecule has 0 aliphatic rings. The maximum Gasteiger partial charge on any atom is 0.229 e. The van der Waals surface area contributed by atoms with Crippen molar-refractivity contribution in [1.82, 2.24) is 4.57 Å². The average molecular weight is 372 g/mol. The van der Waals surface area contributed by atoms with E-state index >= 15 is 0 Å². The maximum absolute atomic E-state index is 11.4. The number of aryl methyl sites for hydroxylation is 1. The summed E-state index contributed by atoms with van der Waals surface area (Å²) in [5.74, 6) is 0.870. The van der Waals surface area contributed by atoms with Gasteiger partial charge in [-0.2, -0.15) is 0 Å². The smallest absolute Gasteiger partial charge is 0.229 e. The molecule has 0 radical (unpaired) electrons. The van der Waals surface area contributed by atoms with Crippen LogP contribution in [-0.2, 0) is 16.6 Å². The number of nitrogens with one attached hydrogen (secondary N) is 1. The Morgan fingerprint density at radius 3 is 2.38 bits per heavy atom. The van der Waals surface area contributed by atoms with Crippen LogP contribution < -0.4 is 9.46 Å². The molecule has 0 saturated heterocycles. The van der Waals surface area contributed by atoms with Crippen molar-refractivity contribution >= 4 is 26.6 Å². The Bertz CT molecular complexity index is 1010. The number of hydrogen-bond donors (Lipinski definition) is 1. The van der Waals surface area contributed by atoms with Crippen LogP contribution in [0, 0.1) is 0 Å². The van der Waals surface area contributed by atoms with Crippen LogP contribution in [0.25, 0.3) is 22.2 Å². The number of benzene rings is 2. The van der Waals surface area contributed by atoms with E-state index in [1.165, 1.54) is 0 Å². The molecular weight excluding hydrogens is 348 g/mol. The van der Waals surface area contributed by atoms with E-state index in [1.54, 1.807) is 12.1 Å². The summed E-state index contributed by atoms with van der Waals surface area (Å²) < 4.78 is 33.2. The molecule has 3 rings (SSSR count). The summed E-state index contributed by atoms with van der Waals surface area (Å²) in [4.78, 5) is 0. The fourth-order valence-electron chi connectivity index (χ4n) is 3.12. The quantitative estimate of drug-likeness (QED) is 0.665. The number of sulfonamides is 1. The van der Waals surface area contributed by atoms with Gasteiger partial charge in [-0.1, -0.05) is 19.1 Å². The number of fused-ring (bicyclic) bond motifs is 1. The maximum atomic E-state index is 11.4. The monoisotopic (exact) mass is 372 g/mol. The van der Waals surface area contributed by atoms with E-state index in [1.807, 2.05) is 25.1 Å². The number of hydrogen-bond acceptors (Lipinski definition) is 3. The average Bonchev–Trinajstić information content (AvgIpc) is 2.93. The number of rotatable bonds is 7. The third-order valence-corrected chi connectivity index (χ3v) is 4.72. The molecule has 1 aromatic heterocycles. The van der Waals surface area contributed by atoms with Gasteiger partial charge in [-0.3, -0.25) is 4.72 Å². The highest BCUT2D eigenvalue weighted by atomic mass is 32.2. The molecule has 26 heavy (non-hydrogen) atoms. The predicted molar refractivity (Wildman–Crippen MR) is 107 cm³/mol. The molecule has 0 atom stereocenters. The topological polar surface area (TPSA) is 60.3 Å². The van der Waals surface area contributed by atoms with E-state index in [2.05, 4.69) is 34.4 Å². The second-order valence-electron chi connectivity index (χ2n) is 6.29. The third kappa shape index (κ3) is 4.02. The van der Waals surface area contributed by atoms with Crippen LogP contribution in [-0.4, -0.2) is 25.8 Å². The number of aromatic nitrogens is 1. The standard InChI is InChI=1S/C20H24N2O3S/c1-4-12-22-19(13-16-8-11-18(25-5-2)14-20(16)22)15-6-9-17(10-7-15)21-26(3,23)24/h6-11,13-14,21H,4-5,12H2,1-3H3. The van der Waals surface area contributed by atoms with Gasteiger partial charge in [0.2, 0.25) is 10.0 Å². The zero-order valence-corrected chi connectivity index (χ0v) is 16.1. The first-order valence-electron chi connectivity index (χ1n) is 8.75. The Kier molecular flexibility index (Phi) is 5.23. The van der Waals surface area contributed by atoms with Crippen molar-refractivity contribution in [2.45, 2.75) is 26.8 Å². The zero-order chi connectivity index (χ0) is 18.7. The van der Waals surface area contributed by atoms with Crippen molar-refractivity contribution in [2.75, 3.05) is 17.6 Å². The van der Waals surface area contributed by atoms with Gasteiger partial charge in [0.05, 0.1) is 18.4 Å². The van der Waals surface area contributed by atoms with Crippen LogP contribution in [0.4, 0.5) is 5.69 Å². The van der Waals surface area contributed by atoms with Crippen molar-refractivity contribution in [2.24, 2.45) is 0 Å². The van der Waals surface area contributed by atoms with Crippen LogP contribution in [0.3, 0.4) is 0 Å². The molecule has 0 unspecified atom stereocenters. The van der Waals surface area contributed by atoms with Crippen LogP contribution in [0.1, 0.15) is 20.3 Å². The highest BCUT2D eigenvalue weighted by Gasteiger charge is 2.12. The number of nitrogens with zero attached hydrogens (tertiary/aromatic N) is 1. The van der Waals surface area contributed by atoms with Crippen molar-refractivity contribution < 1.29 is 13.2 Å². The molecule has 0 aliphatic carbocycles. The fraction of sp³-hybridized carbons (Fsp3) is 0.300. The second-order valence-corrected chi connectivity index (χ2v) is 8.03. The van der Waals surface area contributed by atoms with Gasteiger partial charge >= 0.3 is 0 Å². The molecular formula is C20H24N2O3S. The molecule has 0 amide bonds. The Hall–Kier alpha value is -2.47. The van der Waals surface area contributed by atoms with E-state index in [4.69, 9.17) is 4.74 Å². The molecule has 5 nitrogen and oxygen atoms in total. The van der Waals surface area contributed by atoms with Gasteiger partial charge in [-0.05, 0) is 49.2 Å². The molecule has 0 spiro atoms. The fourth-order valence-corrected chi connectivity index (χ4v) is 3.68. The summed E-state index contributed by atoms with van der Waals surface area (Å²) in [6, 6.07) is 15.8. The molecule has 0 bridgehead atoms. The largest absolute Gasteiger partial charge is 0.494 e. The molecule has 1 N–H and O–H groups in total. The van der Waals surface area contributed by atoms with Gasteiger partial charge in [0.1, 0.15) is 5.75 Å². The molecule has 0 saturated carbocycles. The molecule has 1 heterocycles. The van der Waals surface area contributed by atoms with Gasteiger partial charge in [0.15, 0.2) is 0 Å². The molecule has 138 valence electrons. The first kappa shape index (κ1) is 18.3. The Labute approximate surface area is 154 Å². The lowest BCUT2D eigenvalue weighted by Gasteiger charge is -2.11. The van der Waals surface area contributed by atoms with E-state index in [9.17, 15) is 8.42 Å². The van der Waals surface area contributed by atoms with E-state index in [-0.39, 0.29) is 0 Å². The summed E-state index contributed by atoms with van der Waals surface area (Å²) in [7, 11) is -3.27. The zero-order valence-electron chi connectivity index (χ0n) is 15.3. The molecule has 0 fully saturated rings. The molecule has 2 aromatic carbocycles. The Morgan fingerprint density at radius 2 is 1.77 bits per heavy atom. The molecule has 6 heteroatoms. The number of anilines is 1. The summed E-state index contributed by atoms with van der Waals surface area (Å²) in [6.07, 6.45) is 2.17. The summed E-state index contributed by atoms with van der Waals surface area (Å²) in [5, 5.41) is 1.16. The van der Waals surface area contributed by atoms with Gasteiger partial charge in [0.25, 0.3) is 0 Å². The van der Waals surface area contributed by atoms with E-state index in [0.717, 1.165) is 47.1 Å². The SMILES string of the molecule is CCCn1c(-c2ccc(NS(C)(=O)=O)cc2)cc2ccc(OCC)cc21. The first-order valence-corrected chi connectivity index (χ1v) is 10.6. The van der Waals surface area contributed by atoms with Gasteiger partial charge in [0, 0.05) is 29.4 Å². The summed E-state index contributed by atoms with van der Waals surface area (Å²) >= 11 is 0. The van der Waals surface area contributed by atoms with Crippen LogP contribution in [0.2, 0.25) is 0 Å². The van der Waals surface area contributed by atoms with E-state index in [0.29, 0.717) is 12.3 Å². The second kappa shape index (κ2) is 7.41. The Balaban J connectivity index is 2.04. The minimum atomic E-state index is -3.27. The summed E-state index contributed by atoms with van der Waals surface area (Å²) in [6.45, 7) is 5.67. The summed E-state index contributed by atoms with van der Waals surface area (Å²) in [5.41, 5.74) is 3.87. The third-order valence-electron chi connectivity index (χ3n) is 4.12. The van der Waals surface area contributed by atoms with Crippen LogP contribution in [0.15, 0.2) is 48.5 Å². The minimum Gasteiger partial charge on any atom is -0.494 e. The lowest BCUT2D eigenvalue weighted by atomic mass is 10.1. The number of ether oxygens (including phenoxy) is 1. The molecule has 3 aromatic rings. The van der Waals surface area contributed by atoms with Crippen molar-refractivity contribution in [3.05, 3.63) is 48.5 Å². The highest BCUT2D eigenvalue weighted by Crippen LogP contribution is 2.31. The van der Waals surface area contributed by atoms with Gasteiger partial charge in [-0.25, -0.2) is 8.42 Å². The van der Waals surface area contributed by atoms with Crippen LogP contribution >= 0.6 is 0 Å². The van der Waals surface area contributed by atoms with Crippen molar-refractivity contribution in [3.8, 4) is 17.0 Å². The van der Waals surface area contributed by atoms with Crippen molar-refractivity contribution in [1.29, 1.82) is 0 Å². The highest BCUT2D eigenvalue weighted by molar-refractivity contribution is 7.92. The molecule has 0 aliphatic heterocycles. The lowest BCUT2D eigenvalue weighted by molar-refractivity contribution is 0.340. The van der Waals surface area contributed by atoms with E-state index < -0.39 is 10.0 Å². The normalized spacial score (nSPS) is 11.7. The van der Waals surface area contributed by atoms with Gasteiger partial charge in [-0.15, -0.1) is 0 Å². The van der Waals surface area contributed by atoms with Crippen molar-refractivity contribution in [3.63, 3.8) is 0 Å².